The van der Waals surface area contributed by atoms with Crippen molar-refractivity contribution in [3.63, 3.8) is 0 Å². The highest BCUT2D eigenvalue weighted by atomic mass is 32.1. The Hall–Kier alpha value is -2.38. The molecule has 1 aromatic heterocycles. The van der Waals surface area contributed by atoms with Crippen molar-refractivity contribution in [3.8, 4) is 0 Å². The maximum absolute atomic E-state index is 2.37. The highest BCUT2D eigenvalue weighted by Crippen LogP contribution is 2.41. The van der Waals surface area contributed by atoms with Crippen LogP contribution in [0.25, 0.3) is 41.7 Å². The topological polar surface area (TPSA) is 0 Å². The molecule has 0 amide bonds. The van der Waals surface area contributed by atoms with Crippen LogP contribution in [0.5, 0.6) is 0 Å². The molecule has 110 valence electrons. The van der Waals surface area contributed by atoms with Gasteiger partial charge < -0.3 is 0 Å². The quantitative estimate of drug-likeness (QED) is 0.271. The molecular weight excluding hydrogens is 296 g/mol. The molecule has 23 heavy (non-hydrogen) atoms. The summed E-state index contributed by atoms with van der Waals surface area (Å²) in [5.41, 5.74) is 2.69. The molecule has 0 aliphatic heterocycles. The van der Waals surface area contributed by atoms with Gasteiger partial charge in [0, 0.05) is 20.2 Å². The van der Waals surface area contributed by atoms with Crippen LogP contribution in [0.4, 0.5) is 0 Å². The highest BCUT2D eigenvalue weighted by Gasteiger charge is 2.11. The van der Waals surface area contributed by atoms with Crippen LogP contribution in [-0.4, -0.2) is 0 Å². The third kappa shape index (κ3) is 1.83. The fraction of sp³-hybridized carbons (Fsp3) is 0.0909. The second kappa shape index (κ2) is 4.56. The normalized spacial score (nSPS) is 11.9. The maximum atomic E-state index is 2.37. The molecule has 0 bridgehead atoms. The fourth-order valence-electron chi connectivity index (χ4n) is 3.65. The number of rotatable bonds is 0. The van der Waals surface area contributed by atoms with E-state index in [1.165, 1.54) is 52.8 Å². The summed E-state index contributed by atoms with van der Waals surface area (Å²) in [4.78, 5) is 0. The van der Waals surface area contributed by atoms with Gasteiger partial charge in [0.15, 0.2) is 0 Å². The van der Waals surface area contributed by atoms with Crippen LogP contribution >= 0.6 is 11.3 Å². The van der Waals surface area contributed by atoms with Crippen LogP contribution in [0.1, 0.15) is 11.1 Å². The van der Waals surface area contributed by atoms with Crippen molar-refractivity contribution in [2.75, 3.05) is 0 Å². The van der Waals surface area contributed by atoms with E-state index in [1.54, 1.807) is 0 Å². The molecule has 0 radical (unpaired) electrons. The van der Waals surface area contributed by atoms with Gasteiger partial charge in [-0.05, 0) is 70.8 Å². The van der Waals surface area contributed by atoms with Gasteiger partial charge in [0.1, 0.15) is 0 Å². The summed E-state index contributed by atoms with van der Waals surface area (Å²) in [6.07, 6.45) is 0. The first-order valence-electron chi connectivity index (χ1n) is 7.96. The average molecular weight is 312 g/mol. The molecule has 0 saturated heterocycles. The Morgan fingerprint density at radius 3 is 2.17 bits per heavy atom. The molecule has 1 heterocycles. The summed E-state index contributed by atoms with van der Waals surface area (Å²) in [6, 6.07) is 22.5. The van der Waals surface area contributed by atoms with Crippen molar-refractivity contribution in [3.05, 3.63) is 71.8 Å². The van der Waals surface area contributed by atoms with Crippen molar-refractivity contribution in [2.45, 2.75) is 13.8 Å². The molecule has 0 atom stereocenters. The van der Waals surface area contributed by atoms with Gasteiger partial charge in [-0.15, -0.1) is 11.3 Å². The SMILES string of the molecule is Cc1ccc2c(c1)sc1cc(C)c3cc4ccccc4cc3c12. The summed E-state index contributed by atoms with van der Waals surface area (Å²) >= 11 is 1.91. The number of thiophene rings is 1. The van der Waals surface area contributed by atoms with Crippen molar-refractivity contribution in [2.24, 2.45) is 0 Å². The van der Waals surface area contributed by atoms with E-state index in [0.717, 1.165) is 0 Å². The second-order valence-electron chi connectivity index (χ2n) is 6.41. The van der Waals surface area contributed by atoms with Crippen molar-refractivity contribution >= 4 is 53.1 Å². The van der Waals surface area contributed by atoms with Crippen LogP contribution in [-0.2, 0) is 0 Å². The lowest BCUT2D eigenvalue weighted by molar-refractivity contribution is 1.52. The third-order valence-electron chi connectivity index (χ3n) is 4.80. The zero-order valence-electron chi connectivity index (χ0n) is 13.2. The van der Waals surface area contributed by atoms with E-state index in [4.69, 9.17) is 0 Å². The Balaban J connectivity index is 2.08. The Morgan fingerprint density at radius 2 is 1.39 bits per heavy atom. The predicted octanol–water partition coefficient (Wildman–Crippen LogP) is 6.98. The first-order chi connectivity index (χ1) is 11.2. The Morgan fingerprint density at radius 1 is 0.652 bits per heavy atom. The molecule has 0 spiro atoms. The van der Waals surface area contributed by atoms with E-state index in [1.807, 2.05) is 11.3 Å². The lowest BCUT2D eigenvalue weighted by atomic mass is 9.96. The van der Waals surface area contributed by atoms with E-state index in [9.17, 15) is 0 Å². The van der Waals surface area contributed by atoms with Gasteiger partial charge in [-0.2, -0.15) is 0 Å². The number of benzene rings is 4. The number of hydrogen-bond acceptors (Lipinski definition) is 1. The largest absolute Gasteiger partial charge is 0.135 e. The van der Waals surface area contributed by atoms with Gasteiger partial charge in [0.2, 0.25) is 0 Å². The lowest BCUT2D eigenvalue weighted by Gasteiger charge is -2.07. The van der Waals surface area contributed by atoms with E-state index in [2.05, 4.69) is 74.5 Å². The molecule has 0 nitrogen and oxygen atoms in total. The van der Waals surface area contributed by atoms with Gasteiger partial charge in [-0.1, -0.05) is 36.4 Å². The van der Waals surface area contributed by atoms with Crippen LogP contribution in [0.15, 0.2) is 60.7 Å². The summed E-state index contributed by atoms with van der Waals surface area (Å²) in [7, 11) is 0. The standard InChI is InChI=1S/C22H16S/c1-13-7-8-17-20(9-13)23-21-10-14(2)18-11-15-5-3-4-6-16(15)12-19(18)22(17)21/h3-12H,1-2H3. The van der Waals surface area contributed by atoms with Crippen LogP contribution in [0, 0.1) is 13.8 Å². The second-order valence-corrected chi connectivity index (χ2v) is 7.50. The van der Waals surface area contributed by atoms with Gasteiger partial charge >= 0.3 is 0 Å². The van der Waals surface area contributed by atoms with Gasteiger partial charge in [-0.25, -0.2) is 0 Å². The monoisotopic (exact) mass is 312 g/mol. The zero-order chi connectivity index (χ0) is 15.6. The molecular formula is C22H16S. The maximum Gasteiger partial charge on any atom is 0.0364 e. The molecule has 0 N–H and O–H groups in total. The molecule has 5 rings (SSSR count). The van der Waals surface area contributed by atoms with Gasteiger partial charge in [0.25, 0.3) is 0 Å². The average Bonchev–Trinajstić information content (AvgIpc) is 2.90. The minimum atomic E-state index is 1.32. The molecule has 0 aliphatic carbocycles. The molecule has 4 aromatic carbocycles. The molecule has 5 aromatic rings. The number of fused-ring (bicyclic) bond motifs is 6. The Kier molecular flexibility index (Phi) is 2.60. The van der Waals surface area contributed by atoms with Crippen molar-refractivity contribution in [1.82, 2.24) is 0 Å². The van der Waals surface area contributed by atoms with Crippen LogP contribution in [0.2, 0.25) is 0 Å². The molecule has 1 heteroatoms. The van der Waals surface area contributed by atoms with E-state index in [0.29, 0.717) is 0 Å². The Labute approximate surface area is 139 Å². The van der Waals surface area contributed by atoms with E-state index in [-0.39, 0.29) is 0 Å². The summed E-state index contributed by atoms with van der Waals surface area (Å²) < 4.78 is 2.78. The molecule has 0 fully saturated rings. The number of hydrogen-bond donors (Lipinski definition) is 0. The summed E-state index contributed by atoms with van der Waals surface area (Å²) in [5.74, 6) is 0. The first-order valence-corrected chi connectivity index (χ1v) is 8.77. The lowest BCUT2D eigenvalue weighted by Crippen LogP contribution is -1.82. The first kappa shape index (κ1) is 13.1. The summed E-state index contributed by atoms with van der Waals surface area (Å²) in [6.45, 7) is 4.40. The van der Waals surface area contributed by atoms with E-state index >= 15 is 0 Å². The molecule has 0 unspecified atom stereocenters. The smallest absolute Gasteiger partial charge is 0.0364 e. The van der Waals surface area contributed by atoms with Crippen molar-refractivity contribution in [1.29, 1.82) is 0 Å². The summed E-state index contributed by atoms with van der Waals surface area (Å²) in [5, 5.41) is 8.19. The predicted molar refractivity (Wildman–Crippen MR) is 104 cm³/mol. The minimum Gasteiger partial charge on any atom is -0.135 e. The molecule has 0 saturated carbocycles. The van der Waals surface area contributed by atoms with Crippen LogP contribution in [0.3, 0.4) is 0 Å². The Bertz CT molecular complexity index is 1220. The fourth-order valence-corrected chi connectivity index (χ4v) is 4.97. The number of aryl methyl sites for hydroxylation is 2. The van der Waals surface area contributed by atoms with Crippen LogP contribution < -0.4 is 0 Å². The third-order valence-corrected chi connectivity index (χ3v) is 5.90. The van der Waals surface area contributed by atoms with E-state index < -0.39 is 0 Å². The van der Waals surface area contributed by atoms with Gasteiger partial charge in [0.05, 0.1) is 0 Å². The minimum absolute atomic E-state index is 1.32. The molecule has 0 aliphatic rings. The van der Waals surface area contributed by atoms with Gasteiger partial charge in [-0.3, -0.25) is 0 Å². The zero-order valence-corrected chi connectivity index (χ0v) is 14.0. The highest BCUT2D eigenvalue weighted by molar-refractivity contribution is 7.26. The van der Waals surface area contributed by atoms with Crippen molar-refractivity contribution < 1.29 is 0 Å².